The quantitative estimate of drug-likeness (QED) is 0.291. The van der Waals surface area contributed by atoms with E-state index in [4.69, 9.17) is 4.98 Å². The number of benzene rings is 3. The number of rotatable bonds is 7. The Hall–Kier alpha value is -3.47. The van der Waals surface area contributed by atoms with Gasteiger partial charge < -0.3 is 0 Å². The Labute approximate surface area is 203 Å². The lowest BCUT2D eigenvalue weighted by Gasteiger charge is -2.14. The Bertz CT molecular complexity index is 1450. The molecule has 0 aliphatic carbocycles. The minimum atomic E-state index is -3.33. The second kappa shape index (κ2) is 10.2. The van der Waals surface area contributed by atoms with E-state index in [0.29, 0.717) is 27.4 Å². The second-order valence-corrected chi connectivity index (χ2v) is 10.8. The Morgan fingerprint density at radius 2 is 1.59 bits per heavy atom. The SMILES string of the molecule is CS(=O)(=O)c1ccc(-c2cc(C#N)c(SCCc3ccccc3)nc2-c2ccc(F)cc2)cc1. The third-order valence-corrected chi connectivity index (χ3v) is 7.41. The maximum atomic E-state index is 13.6. The molecule has 4 nitrogen and oxygen atoms in total. The maximum Gasteiger partial charge on any atom is 0.175 e. The predicted octanol–water partition coefficient (Wildman–Crippen LogP) is 6.16. The van der Waals surface area contributed by atoms with Crippen LogP contribution in [0.1, 0.15) is 11.1 Å². The first-order valence-electron chi connectivity index (χ1n) is 10.5. The van der Waals surface area contributed by atoms with Gasteiger partial charge in [0.15, 0.2) is 9.84 Å². The van der Waals surface area contributed by atoms with Gasteiger partial charge in [0.25, 0.3) is 0 Å². The van der Waals surface area contributed by atoms with Crippen LogP contribution in [-0.2, 0) is 16.3 Å². The van der Waals surface area contributed by atoms with Crippen molar-refractivity contribution in [3.8, 4) is 28.5 Å². The molecule has 0 radical (unpaired) electrons. The van der Waals surface area contributed by atoms with Crippen molar-refractivity contribution < 1.29 is 12.8 Å². The zero-order chi connectivity index (χ0) is 24.1. The van der Waals surface area contributed by atoms with Crippen molar-refractivity contribution in [3.63, 3.8) is 0 Å². The largest absolute Gasteiger partial charge is 0.239 e. The summed E-state index contributed by atoms with van der Waals surface area (Å²) in [6.45, 7) is 0. The van der Waals surface area contributed by atoms with E-state index in [1.54, 1.807) is 30.3 Å². The number of thioether (sulfide) groups is 1. The molecule has 4 rings (SSSR count). The van der Waals surface area contributed by atoms with Crippen molar-refractivity contribution in [1.82, 2.24) is 4.98 Å². The molecular formula is C27H21FN2O2S2. The highest BCUT2D eigenvalue weighted by Gasteiger charge is 2.17. The van der Waals surface area contributed by atoms with E-state index < -0.39 is 9.84 Å². The van der Waals surface area contributed by atoms with Gasteiger partial charge in [0.1, 0.15) is 16.9 Å². The Morgan fingerprint density at radius 1 is 0.941 bits per heavy atom. The Kier molecular flexibility index (Phi) is 7.11. The third-order valence-electron chi connectivity index (χ3n) is 5.29. The molecular weight excluding hydrogens is 467 g/mol. The highest BCUT2D eigenvalue weighted by atomic mass is 32.2. The lowest BCUT2D eigenvalue weighted by Crippen LogP contribution is -1.99. The van der Waals surface area contributed by atoms with Gasteiger partial charge in [-0.1, -0.05) is 42.5 Å². The fraction of sp³-hybridized carbons (Fsp3) is 0.111. The lowest BCUT2D eigenvalue weighted by atomic mass is 9.98. The molecule has 0 amide bonds. The van der Waals surface area contributed by atoms with E-state index in [0.717, 1.165) is 24.0 Å². The number of aromatic nitrogens is 1. The summed E-state index contributed by atoms with van der Waals surface area (Å²) in [6, 6.07) is 26.6. The summed E-state index contributed by atoms with van der Waals surface area (Å²) in [5.41, 5.74) is 4.35. The average Bonchev–Trinajstić information content (AvgIpc) is 2.84. The van der Waals surface area contributed by atoms with Crippen molar-refractivity contribution >= 4 is 21.6 Å². The molecule has 1 aromatic heterocycles. The van der Waals surface area contributed by atoms with Crippen LogP contribution in [0.4, 0.5) is 4.39 Å². The number of sulfone groups is 1. The summed E-state index contributed by atoms with van der Waals surface area (Å²) in [4.78, 5) is 5.03. The van der Waals surface area contributed by atoms with Gasteiger partial charge in [-0.3, -0.25) is 0 Å². The van der Waals surface area contributed by atoms with Crippen LogP contribution >= 0.6 is 11.8 Å². The summed E-state index contributed by atoms with van der Waals surface area (Å²) >= 11 is 1.50. The summed E-state index contributed by atoms with van der Waals surface area (Å²) in [7, 11) is -3.33. The number of hydrogen-bond acceptors (Lipinski definition) is 5. The van der Waals surface area contributed by atoms with Crippen LogP contribution in [0.15, 0.2) is 94.9 Å². The average molecular weight is 489 g/mol. The Morgan fingerprint density at radius 3 is 2.21 bits per heavy atom. The lowest BCUT2D eigenvalue weighted by molar-refractivity contribution is 0.602. The van der Waals surface area contributed by atoms with Gasteiger partial charge in [-0.25, -0.2) is 17.8 Å². The second-order valence-electron chi connectivity index (χ2n) is 7.74. The van der Waals surface area contributed by atoms with Crippen LogP contribution in [0.25, 0.3) is 22.4 Å². The van der Waals surface area contributed by atoms with E-state index in [1.165, 1.54) is 41.6 Å². The van der Waals surface area contributed by atoms with Gasteiger partial charge in [0.05, 0.1) is 16.2 Å². The van der Waals surface area contributed by atoms with Crippen LogP contribution in [-0.4, -0.2) is 25.4 Å². The minimum absolute atomic E-state index is 0.209. The van der Waals surface area contributed by atoms with Crippen LogP contribution in [0.2, 0.25) is 0 Å². The molecule has 4 aromatic rings. The molecule has 0 unspecified atom stereocenters. The molecule has 0 saturated heterocycles. The highest BCUT2D eigenvalue weighted by Crippen LogP contribution is 2.35. The van der Waals surface area contributed by atoms with Gasteiger partial charge in [-0.05, 0) is 60.0 Å². The van der Waals surface area contributed by atoms with Crippen molar-refractivity contribution in [3.05, 3.63) is 102 Å². The molecule has 170 valence electrons. The zero-order valence-electron chi connectivity index (χ0n) is 18.4. The number of nitrogens with zero attached hydrogens (tertiary/aromatic N) is 2. The first-order valence-corrected chi connectivity index (χ1v) is 13.4. The van der Waals surface area contributed by atoms with Crippen molar-refractivity contribution in [1.29, 1.82) is 5.26 Å². The van der Waals surface area contributed by atoms with E-state index in [2.05, 4.69) is 18.2 Å². The van der Waals surface area contributed by atoms with Gasteiger partial charge in [0.2, 0.25) is 0 Å². The predicted molar refractivity (Wildman–Crippen MR) is 134 cm³/mol. The molecule has 0 atom stereocenters. The molecule has 0 saturated carbocycles. The van der Waals surface area contributed by atoms with Gasteiger partial charge in [-0.2, -0.15) is 5.26 Å². The third kappa shape index (κ3) is 5.53. The molecule has 0 bridgehead atoms. The van der Waals surface area contributed by atoms with Gasteiger partial charge in [0, 0.05) is 23.1 Å². The van der Waals surface area contributed by atoms with Crippen molar-refractivity contribution in [2.24, 2.45) is 0 Å². The monoisotopic (exact) mass is 488 g/mol. The normalized spacial score (nSPS) is 11.2. The molecule has 0 spiro atoms. The van der Waals surface area contributed by atoms with Gasteiger partial charge >= 0.3 is 0 Å². The first-order chi connectivity index (χ1) is 16.3. The summed E-state index contributed by atoms with van der Waals surface area (Å²) < 4.78 is 37.3. The first kappa shape index (κ1) is 23.7. The van der Waals surface area contributed by atoms with Crippen LogP contribution in [0.5, 0.6) is 0 Å². The molecule has 1 heterocycles. The van der Waals surface area contributed by atoms with E-state index in [9.17, 15) is 18.1 Å². The van der Waals surface area contributed by atoms with Crippen molar-refractivity contribution in [2.45, 2.75) is 16.3 Å². The maximum absolute atomic E-state index is 13.6. The molecule has 7 heteroatoms. The molecule has 0 aliphatic heterocycles. The fourth-order valence-electron chi connectivity index (χ4n) is 3.53. The van der Waals surface area contributed by atoms with E-state index >= 15 is 0 Å². The number of pyridine rings is 1. The summed E-state index contributed by atoms with van der Waals surface area (Å²) in [5.74, 6) is 0.394. The molecule has 0 aliphatic rings. The topological polar surface area (TPSA) is 70.8 Å². The highest BCUT2D eigenvalue weighted by molar-refractivity contribution is 7.99. The summed E-state index contributed by atoms with van der Waals surface area (Å²) in [5, 5.41) is 10.4. The Balaban J connectivity index is 1.75. The number of aryl methyl sites for hydroxylation is 1. The number of hydrogen-bond donors (Lipinski definition) is 0. The van der Waals surface area contributed by atoms with Crippen molar-refractivity contribution in [2.75, 3.05) is 12.0 Å². The minimum Gasteiger partial charge on any atom is -0.239 e. The summed E-state index contributed by atoms with van der Waals surface area (Å²) in [6.07, 6.45) is 1.99. The zero-order valence-corrected chi connectivity index (χ0v) is 20.0. The van der Waals surface area contributed by atoms with Gasteiger partial charge in [-0.15, -0.1) is 11.8 Å². The number of halogens is 1. The van der Waals surface area contributed by atoms with Crippen LogP contribution in [0, 0.1) is 17.1 Å². The fourth-order valence-corrected chi connectivity index (χ4v) is 5.10. The number of nitriles is 1. The van der Waals surface area contributed by atoms with E-state index in [1.807, 2.05) is 18.2 Å². The molecule has 34 heavy (non-hydrogen) atoms. The van der Waals surface area contributed by atoms with Crippen LogP contribution in [0.3, 0.4) is 0 Å². The standard InChI is InChI=1S/C27H21FN2O2S2/c1-34(31,32)24-13-9-20(10-14-24)25-17-22(18-29)27(33-16-15-19-5-3-2-4-6-19)30-26(25)21-7-11-23(28)12-8-21/h2-14,17H,15-16H2,1H3. The molecule has 3 aromatic carbocycles. The molecule has 0 N–H and O–H groups in total. The van der Waals surface area contributed by atoms with E-state index in [-0.39, 0.29) is 10.7 Å². The smallest absolute Gasteiger partial charge is 0.175 e. The molecule has 0 fully saturated rings. The van der Waals surface area contributed by atoms with Crippen LogP contribution < -0.4 is 0 Å².